The number of carbonyl (C=O) groups excluding carboxylic acids is 2. The number of esters is 1. The Labute approximate surface area is 224 Å². The zero-order valence-corrected chi connectivity index (χ0v) is 23.2. The number of nitrogens with zero attached hydrogens (tertiary/aromatic N) is 1. The predicted molar refractivity (Wildman–Crippen MR) is 145 cm³/mol. The third kappa shape index (κ3) is 7.07. The first kappa shape index (κ1) is 29.0. The molecule has 0 radical (unpaired) electrons. The summed E-state index contributed by atoms with van der Waals surface area (Å²) in [6.07, 6.45) is 3.41. The Morgan fingerprint density at radius 3 is 2.51 bits per heavy atom. The van der Waals surface area contributed by atoms with Crippen LogP contribution in [-0.4, -0.2) is 36.2 Å². The van der Waals surface area contributed by atoms with E-state index in [2.05, 4.69) is 13.0 Å². The standard InChI is InChI=1S/C30H39NO5S/c1-5-7-8-9-27(33)30(3,4)22-12-10-20(11-13-22)28-24(21(17-31)16-25(28)32)19-35-18-23-14-15-26(37-23)29(34)36-6-2/h10-15,21,24-25,28,32H,5-9,16,18-19H2,1-4H3/t21-,24?,25+,28?/m0/s1. The van der Waals surface area contributed by atoms with Gasteiger partial charge >= 0.3 is 5.97 Å². The van der Waals surface area contributed by atoms with Crippen LogP contribution in [0.25, 0.3) is 0 Å². The molecule has 3 rings (SSSR count). The zero-order valence-electron chi connectivity index (χ0n) is 22.4. The van der Waals surface area contributed by atoms with Crippen LogP contribution < -0.4 is 0 Å². The molecule has 1 saturated carbocycles. The van der Waals surface area contributed by atoms with Gasteiger partial charge in [0.2, 0.25) is 0 Å². The van der Waals surface area contributed by atoms with Crippen molar-refractivity contribution in [3.63, 3.8) is 0 Å². The molecule has 0 bridgehead atoms. The van der Waals surface area contributed by atoms with Gasteiger partial charge in [0.05, 0.1) is 37.9 Å². The SMILES string of the molecule is CCCCCC(=O)C(C)(C)c1ccc(C2C(COCc3ccc(C(=O)OCC)s3)[C@H](C#N)C[C@H]2O)cc1. The normalized spacial score (nSPS) is 21.5. The highest BCUT2D eigenvalue weighted by Crippen LogP contribution is 2.44. The minimum absolute atomic E-state index is 0.154. The highest BCUT2D eigenvalue weighted by atomic mass is 32.1. The minimum Gasteiger partial charge on any atom is -0.462 e. The molecule has 1 aromatic heterocycles. The largest absolute Gasteiger partial charge is 0.462 e. The van der Waals surface area contributed by atoms with Crippen molar-refractivity contribution in [3.8, 4) is 6.07 Å². The molecule has 1 N–H and O–H groups in total. The van der Waals surface area contributed by atoms with Gasteiger partial charge in [-0.2, -0.15) is 5.26 Å². The number of ether oxygens (including phenoxy) is 2. The van der Waals surface area contributed by atoms with Crippen LogP contribution in [0.1, 0.15) is 91.4 Å². The van der Waals surface area contributed by atoms with E-state index in [0.29, 0.717) is 37.5 Å². The van der Waals surface area contributed by atoms with Crippen LogP contribution in [-0.2, 0) is 26.3 Å². The molecule has 1 aliphatic carbocycles. The molecule has 0 spiro atoms. The number of aliphatic hydroxyl groups is 1. The maximum atomic E-state index is 12.9. The summed E-state index contributed by atoms with van der Waals surface area (Å²) in [6, 6.07) is 13.9. The molecule has 2 aromatic rings. The number of thiophene rings is 1. The number of hydrogen-bond donors (Lipinski definition) is 1. The van der Waals surface area contributed by atoms with E-state index in [1.807, 2.05) is 44.2 Å². The lowest BCUT2D eigenvalue weighted by atomic mass is 9.77. The van der Waals surface area contributed by atoms with Crippen molar-refractivity contribution in [2.75, 3.05) is 13.2 Å². The molecule has 37 heavy (non-hydrogen) atoms. The van der Waals surface area contributed by atoms with Gasteiger partial charge in [-0.3, -0.25) is 4.79 Å². The smallest absolute Gasteiger partial charge is 0.348 e. The number of Topliss-reactive ketones (excluding diaryl/α,β-unsaturated/α-hetero) is 1. The number of carbonyl (C=O) groups is 2. The third-order valence-corrected chi connectivity index (χ3v) is 8.51. The first-order valence-corrected chi connectivity index (χ1v) is 14.1. The maximum Gasteiger partial charge on any atom is 0.348 e. The maximum absolute atomic E-state index is 12.9. The molecule has 200 valence electrons. The topological polar surface area (TPSA) is 96.6 Å². The monoisotopic (exact) mass is 525 g/mol. The van der Waals surface area contributed by atoms with Gasteiger partial charge in [0.1, 0.15) is 10.7 Å². The second-order valence-electron chi connectivity index (χ2n) is 10.4. The number of unbranched alkanes of at least 4 members (excludes halogenated alkanes) is 2. The Kier molecular flexibility index (Phi) is 10.5. The first-order chi connectivity index (χ1) is 17.7. The van der Waals surface area contributed by atoms with Crippen LogP contribution in [0.15, 0.2) is 36.4 Å². The summed E-state index contributed by atoms with van der Waals surface area (Å²) >= 11 is 1.34. The molecular formula is C30H39NO5S. The van der Waals surface area contributed by atoms with Gasteiger partial charge in [-0.05, 0) is 56.9 Å². The fourth-order valence-electron chi connectivity index (χ4n) is 5.15. The van der Waals surface area contributed by atoms with E-state index in [-0.39, 0.29) is 29.5 Å². The molecule has 1 aromatic carbocycles. The Morgan fingerprint density at radius 2 is 1.86 bits per heavy atom. The quantitative estimate of drug-likeness (QED) is 0.248. The van der Waals surface area contributed by atoms with E-state index in [4.69, 9.17) is 9.47 Å². The summed E-state index contributed by atoms with van der Waals surface area (Å²) in [5.41, 5.74) is 1.35. The second-order valence-corrected chi connectivity index (χ2v) is 11.5. The van der Waals surface area contributed by atoms with Crippen molar-refractivity contribution >= 4 is 23.1 Å². The van der Waals surface area contributed by atoms with Gasteiger partial charge in [-0.25, -0.2) is 4.79 Å². The van der Waals surface area contributed by atoms with Gasteiger partial charge in [-0.15, -0.1) is 11.3 Å². The van der Waals surface area contributed by atoms with Gasteiger partial charge in [0, 0.05) is 28.5 Å². The van der Waals surface area contributed by atoms with E-state index in [9.17, 15) is 20.0 Å². The Hall–Kier alpha value is -2.53. The number of aliphatic hydroxyl groups excluding tert-OH is 1. The van der Waals surface area contributed by atoms with Crippen molar-refractivity contribution in [1.82, 2.24) is 0 Å². The fraction of sp³-hybridized carbons (Fsp3) is 0.567. The second kappa shape index (κ2) is 13.3. The number of benzene rings is 1. The van der Waals surface area contributed by atoms with E-state index in [1.165, 1.54) is 11.3 Å². The molecule has 2 unspecified atom stereocenters. The van der Waals surface area contributed by atoms with Crippen molar-refractivity contribution in [2.24, 2.45) is 11.8 Å². The number of nitriles is 1. The average Bonchev–Trinajstić information content (AvgIpc) is 3.48. The lowest BCUT2D eigenvalue weighted by molar-refractivity contribution is -0.123. The molecule has 7 heteroatoms. The van der Waals surface area contributed by atoms with Crippen LogP contribution in [0.3, 0.4) is 0 Å². The highest BCUT2D eigenvalue weighted by Gasteiger charge is 2.43. The molecule has 0 amide bonds. The number of ketones is 1. The molecule has 0 aliphatic heterocycles. The summed E-state index contributed by atoms with van der Waals surface area (Å²) in [4.78, 5) is 26.2. The molecule has 6 nitrogen and oxygen atoms in total. The van der Waals surface area contributed by atoms with Gasteiger partial charge in [0.25, 0.3) is 0 Å². The van der Waals surface area contributed by atoms with Gasteiger partial charge < -0.3 is 14.6 Å². The van der Waals surface area contributed by atoms with Crippen LogP contribution in [0.4, 0.5) is 0 Å². The van der Waals surface area contributed by atoms with Crippen LogP contribution in [0, 0.1) is 23.2 Å². The predicted octanol–water partition coefficient (Wildman–Crippen LogP) is 6.17. The fourth-order valence-corrected chi connectivity index (χ4v) is 5.99. The average molecular weight is 526 g/mol. The van der Waals surface area contributed by atoms with Crippen molar-refractivity contribution in [1.29, 1.82) is 5.26 Å². The zero-order chi connectivity index (χ0) is 27.0. The molecule has 1 fully saturated rings. The summed E-state index contributed by atoms with van der Waals surface area (Å²) in [5, 5.41) is 20.6. The highest BCUT2D eigenvalue weighted by molar-refractivity contribution is 7.13. The molecule has 1 heterocycles. The lowest BCUT2D eigenvalue weighted by Gasteiger charge is -2.27. The van der Waals surface area contributed by atoms with Crippen LogP contribution in [0.2, 0.25) is 0 Å². The summed E-state index contributed by atoms with van der Waals surface area (Å²) in [7, 11) is 0. The minimum atomic E-state index is -0.634. The van der Waals surface area contributed by atoms with E-state index >= 15 is 0 Å². The van der Waals surface area contributed by atoms with E-state index in [0.717, 1.165) is 35.3 Å². The number of hydrogen-bond acceptors (Lipinski definition) is 7. The molecule has 4 atom stereocenters. The van der Waals surface area contributed by atoms with Crippen molar-refractivity contribution in [3.05, 3.63) is 57.3 Å². The van der Waals surface area contributed by atoms with Gasteiger partial charge in [-0.1, -0.05) is 44.0 Å². The van der Waals surface area contributed by atoms with Gasteiger partial charge in [0.15, 0.2) is 0 Å². The Balaban J connectivity index is 1.68. The molecule has 0 saturated heterocycles. The lowest BCUT2D eigenvalue weighted by Crippen LogP contribution is -2.29. The number of rotatable bonds is 13. The van der Waals surface area contributed by atoms with Crippen molar-refractivity contribution in [2.45, 2.75) is 83.8 Å². The Morgan fingerprint density at radius 1 is 1.14 bits per heavy atom. The van der Waals surface area contributed by atoms with Crippen LogP contribution >= 0.6 is 11.3 Å². The summed E-state index contributed by atoms with van der Waals surface area (Å²) < 4.78 is 11.0. The molecule has 1 aliphatic rings. The third-order valence-electron chi connectivity index (χ3n) is 7.47. The summed E-state index contributed by atoms with van der Waals surface area (Å²) in [5.74, 6) is -0.782. The van der Waals surface area contributed by atoms with E-state index in [1.54, 1.807) is 13.0 Å². The van der Waals surface area contributed by atoms with Crippen LogP contribution in [0.5, 0.6) is 0 Å². The van der Waals surface area contributed by atoms with Crippen molar-refractivity contribution < 1.29 is 24.2 Å². The molecular weight excluding hydrogens is 486 g/mol. The summed E-state index contributed by atoms with van der Waals surface area (Å²) in [6.45, 7) is 8.84. The Bertz CT molecular complexity index is 1080. The first-order valence-electron chi connectivity index (χ1n) is 13.3. The van der Waals surface area contributed by atoms with E-state index < -0.39 is 11.5 Å².